The van der Waals surface area contributed by atoms with Gasteiger partial charge in [0.25, 0.3) is 20.2 Å². The van der Waals surface area contributed by atoms with Gasteiger partial charge in [0.1, 0.15) is 11.6 Å². The molecule has 0 aliphatic heterocycles. The minimum Gasteiger partial charge on any atom is -0.299 e. The molecule has 8 nitrogen and oxygen atoms in total. The van der Waals surface area contributed by atoms with Gasteiger partial charge in [-0.3, -0.25) is 18.7 Å². The van der Waals surface area contributed by atoms with Crippen LogP contribution >= 0.6 is 0 Å². The van der Waals surface area contributed by atoms with E-state index in [1.807, 2.05) is 27.7 Å². The highest BCUT2D eigenvalue weighted by molar-refractivity contribution is 7.86. The second-order valence-electron chi connectivity index (χ2n) is 10.8. The average Bonchev–Trinajstić information content (AvgIpc) is 3.05. The van der Waals surface area contributed by atoms with E-state index < -0.39 is 42.6 Å². The van der Waals surface area contributed by atoms with Gasteiger partial charge < -0.3 is 0 Å². The summed E-state index contributed by atoms with van der Waals surface area (Å²) in [6.45, 7) is 7.78. The van der Waals surface area contributed by atoms with E-state index in [1.165, 1.54) is 0 Å². The van der Waals surface area contributed by atoms with E-state index in [4.69, 9.17) is 9.11 Å². The van der Waals surface area contributed by atoms with Crippen molar-refractivity contribution in [2.45, 2.75) is 66.2 Å². The van der Waals surface area contributed by atoms with Gasteiger partial charge in [0.2, 0.25) is 0 Å². The number of hydrogen-bond donors (Lipinski definition) is 2. The van der Waals surface area contributed by atoms with Crippen LogP contribution in [-0.2, 0) is 29.8 Å². The molecule has 4 aliphatic rings. The van der Waals surface area contributed by atoms with Crippen LogP contribution in [0.3, 0.4) is 0 Å². The number of rotatable bonds is 4. The largest absolute Gasteiger partial charge is 0.299 e. The quantitative estimate of drug-likeness (QED) is 0.604. The monoisotopic (exact) mass is 464 g/mol. The fourth-order valence-electron chi connectivity index (χ4n) is 6.84. The zero-order chi connectivity index (χ0) is 23.0. The Labute approximate surface area is 178 Å². The molecule has 0 aromatic rings. The van der Waals surface area contributed by atoms with Gasteiger partial charge in [-0.05, 0) is 48.3 Å². The number of carbonyl (C=O) groups is 2. The molecule has 2 N–H and O–H groups in total. The molecule has 0 spiro atoms. The fourth-order valence-corrected chi connectivity index (χ4v) is 9.44. The summed E-state index contributed by atoms with van der Waals surface area (Å²) in [4.78, 5) is 23.8. The van der Waals surface area contributed by atoms with Crippen LogP contribution in [0.5, 0.6) is 0 Å². The highest BCUT2D eigenvalue weighted by atomic mass is 32.2. The molecule has 0 aromatic heterocycles. The zero-order valence-electron chi connectivity index (χ0n) is 18.0. The topological polar surface area (TPSA) is 143 Å². The van der Waals surface area contributed by atoms with Gasteiger partial charge in [-0.25, -0.2) is 0 Å². The molecule has 4 atom stereocenters. The van der Waals surface area contributed by atoms with Gasteiger partial charge in [0.05, 0.1) is 22.3 Å². The lowest BCUT2D eigenvalue weighted by atomic mass is 9.70. The van der Waals surface area contributed by atoms with Gasteiger partial charge in [-0.15, -0.1) is 0 Å². The molecule has 0 radical (unpaired) electrons. The van der Waals surface area contributed by atoms with Crippen LogP contribution in [-0.4, -0.2) is 49.0 Å². The first-order valence-electron chi connectivity index (χ1n) is 10.3. The third-order valence-electron chi connectivity index (χ3n) is 9.14. The number of carbonyl (C=O) groups excluding carboxylic acids is 2. The fraction of sp³-hybridized carbons (Fsp3) is 0.900. The highest BCUT2D eigenvalue weighted by Gasteiger charge is 2.66. The zero-order valence-corrected chi connectivity index (χ0v) is 19.6. The summed E-state index contributed by atoms with van der Waals surface area (Å²) in [6, 6.07) is 0. The van der Waals surface area contributed by atoms with Crippen LogP contribution in [0.1, 0.15) is 66.2 Å². The van der Waals surface area contributed by atoms with Crippen LogP contribution in [0, 0.1) is 33.5 Å². The van der Waals surface area contributed by atoms with Crippen molar-refractivity contribution in [1.29, 1.82) is 0 Å². The normalized spacial score (nSPS) is 38.6. The lowest BCUT2D eigenvalue weighted by molar-refractivity contribution is -0.128. The van der Waals surface area contributed by atoms with E-state index in [2.05, 4.69) is 0 Å². The Bertz CT molecular complexity index is 898. The van der Waals surface area contributed by atoms with E-state index in [0.29, 0.717) is 25.7 Å². The minimum absolute atomic E-state index is 0.0152. The summed E-state index contributed by atoms with van der Waals surface area (Å²) < 4.78 is 62.0. The van der Waals surface area contributed by atoms with E-state index in [1.54, 1.807) is 0 Å². The van der Waals surface area contributed by atoms with Crippen molar-refractivity contribution in [1.82, 2.24) is 0 Å². The second kappa shape index (κ2) is 6.83. The molecule has 0 heterocycles. The number of fused-ring (bicyclic) bond motifs is 4. The van der Waals surface area contributed by atoms with Crippen molar-refractivity contribution in [2.75, 3.05) is 11.5 Å². The summed E-state index contributed by atoms with van der Waals surface area (Å²) in [6.07, 6.45) is 3.94. The van der Waals surface area contributed by atoms with Crippen molar-refractivity contribution in [3.05, 3.63) is 0 Å². The molecule has 10 heteroatoms. The second-order valence-corrected chi connectivity index (χ2v) is 13.7. The SMILES string of the molecule is CC1(C)C2CCC1(CS(=O)(=O)O)C(=O)C2.CC1(C)C2CC[C@]1(CS(=O)(=O)O)C(=O)C2. The molecule has 4 aliphatic carbocycles. The highest BCUT2D eigenvalue weighted by Crippen LogP contribution is 2.65. The molecule has 172 valence electrons. The number of Topliss-reactive ketones (excluding diaryl/α,β-unsaturated/α-hetero) is 2. The maximum Gasteiger partial charge on any atom is 0.265 e. The van der Waals surface area contributed by atoms with Crippen LogP contribution in [0.2, 0.25) is 0 Å². The summed E-state index contributed by atoms with van der Waals surface area (Å²) >= 11 is 0. The van der Waals surface area contributed by atoms with Gasteiger partial charge in [-0.1, -0.05) is 27.7 Å². The lowest BCUT2D eigenvalue weighted by Crippen LogP contribution is -2.42. The molecule has 0 amide bonds. The standard InChI is InChI=1S/2C10H16O4S/c2*1-9(2)7-3-4-10(9,8(11)5-7)6-15(12,13)14/h2*7H,3-6H2,1-2H3,(H,12,13,14)/t7?,10-;/m0./s1. The van der Waals surface area contributed by atoms with Crippen LogP contribution in [0.15, 0.2) is 0 Å². The van der Waals surface area contributed by atoms with Crippen LogP contribution < -0.4 is 0 Å². The molecular weight excluding hydrogens is 432 g/mol. The molecule has 0 aromatic carbocycles. The van der Waals surface area contributed by atoms with Gasteiger partial charge in [0, 0.05) is 12.8 Å². The summed E-state index contributed by atoms with van der Waals surface area (Å²) in [5.41, 5.74) is -2.24. The Kier molecular flexibility index (Phi) is 5.42. The minimum atomic E-state index is -4.08. The Balaban J connectivity index is 0.000000171. The molecule has 4 bridgehead atoms. The number of ketones is 2. The average molecular weight is 465 g/mol. The third-order valence-corrected chi connectivity index (χ3v) is 10.9. The van der Waals surface area contributed by atoms with Crippen molar-refractivity contribution < 1.29 is 35.5 Å². The first-order chi connectivity index (χ1) is 13.4. The Hall–Kier alpha value is -0.840. The molecule has 4 rings (SSSR count). The lowest BCUT2D eigenvalue weighted by Gasteiger charge is -2.35. The van der Waals surface area contributed by atoms with Crippen LogP contribution in [0.25, 0.3) is 0 Å². The first kappa shape index (κ1) is 23.8. The van der Waals surface area contributed by atoms with Gasteiger partial charge in [-0.2, -0.15) is 16.8 Å². The van der Waals surface area contributed by atoms with Crippen molar-refractivity contribution in [2.24, 2.45) is 33.5 Å². The Morgan fingerprint density at radius 3 is 1.20 bits per heavy atom. The maximum atomic E-state index is 11.9. The molecular formula is C20H32O8S2. The predicted octanol–water partition coefficient (Wildman–Crippen LogP) is 2.54. The number of hydrogen-bond acceptors (Lipinski definition) is 6. The smallest absolute Gasteiger partial charge is 0.265 e. The van der Waals surface area contributed by atoms with Gasteiger partial charge >= 0.3 is 0 Å². The maximum absolute atomic E-state index is 11.9. The molecule has 3 unspecified atom stereocenters. The summed E-state index contributed by atoms with van der Waals surface area (Å²) in [5.74, 6) is -0.203. The van der Waals surface area contributed by atoms with Crippen molar-refractivity contribution in [3.63, 3.8) is 0 Å². The predicted molar refractivity (Wildman–Crippen MR) is 110 cm³/mol. The molecule has 30 heavy (non-hydrogen) atoms. The summed E-state index contributed by atoms with van der Waals surface area (Å²) in [5, 5.41) is 0. The molecule has 0 saturated heterocycles. The van der Waals surface area contributed by atoms with E-state index >= 15 is 0 Å². The summed E-state index contributed by atoms with van der Waals surface area (Å²) in [7, 11) is -8.15. The van der Waals surface area contributed by atoms with E-state index in [0.717, 1.165) is 12.8 Å². The van der Waals surface area contributed by atoms with Crippen molar-refractivity contribution in [3.8, 4) is 0 Å². The van der Waals surface area contributed by atoms with Crippen LogP contribution in [0.4, 0.5) is 0 Å². The van der Waals surface area contributed by atoms with E-state index in [-0.39, 0.29) is 34.2 Å². The first-order valence-corrected chi connectivity index (χ1v) is 13.6. The van der Waals surface area contributed by atoms with E-state index in [9.17, 15) is 26.4 Å². The molecule has 4 fully saturated rings. The van der Waals surface area contributed by atoms with Crippen molar-refractivity contribution >= 4 is 31.8 Å². The van der Waals surface area contributed by atoms with Gasteiger partial charge in [0.15, 0.2) is 0 Å². The third kappa shape index (κ3) is 3.47. The Morgan fingerprint density at radius 2 is 1.03 bits per heavy atom. The molecule has 4 saturated carbocycles. The Morgan fingerprint density at radius 1 is 0.733 bits per heavy atom.